The first kappa shape index (κ1) is 15.0. The van der Waals surface area contributed by atoms with Gasteiger partial charge < -0.3 is 4.74 Å². The van der Waals surface area contributed by atoms with E-state index in [2.05, 4.69) is 0 Å². The normalized spacial score (nSPS) is 10.4. The van der Waals surface area contributed by atoms with Crippen LogP contribution in [-0.2, 0) is 0 Å². The highest BCUT2D eigenvalue weighted by Crippen LogP contribution is 2.36. The largest absolute Gasteiger partial charge is 0.420 e. The second-order valence-electron chi connectivity index (χ2n) is 3.68. The number of esters is 1. The minimum atomic E-state index is -1.24. The number of hydrogen-bond donors (Lipinski definition) is 0. The highest BCUT2D eigenvalue weighted by molar-refractivity contribution is 6.40. The quantitative estimate of drug-likeness (QED) is 0.560. The standard InChI is InChI=1S/C13H5Cl3F2O2/c14-6-4-7(15)12(8(16)5-6)20-13(19)11-9(17)2-1-3-10(11)18/h1-5H. The van der Waals surface area contributed by atoms with Gasteiger partial charge in [0.2, 0.25) is 0 Å². The maximum absolute atomic E-state index is 13.4. The number of carbonyl (C=O) groups is 1. The van der Waals surface area contributed by atoms with Gasteiger partial charge in [-0.3, -0.25) is 0 Å². The Kier molecular flexibility index (Phi) is 4.48. The molecule has 0 aliphatic carbocycles. The molecule has 0 spiro atoms. The molecule has 2 aromatic rings. The molecule has 0 heterocycles. The summed E-state index contributed by atoms with van der Waals surface area (Å²) in [5.41, 5.74) is -0.824. The molecule has 0 atom stereocenters. The summed E-state index contributed by atoms with van der Waals surface area (Å²) in [4.78, 5) is 11.8. The van der Waals surface area contributed by atoms with Crippen LogP contribution in [0.2, 0.25) is 15.1 Å². The Bertz CT molecular complexity index is 646. The Morgan fingerprint density at radius 2 is 1.50 bits per heavy atom. The Morgan fingerprint density at radius 1 is 1.00 bits per heavy atom. The van der Waals surface area contributed by atoms with Crippen LogP contribution >= 0.6 is 34.8 Å². The minimum Gasteiger partial charge on any atom is -0.420 e. The van der Waals surface area contributed by atoms with Crippen LogP contribution in [0.1, 0.15) is 10.4 Å². The average Bonchev–Trinajstić information content (AvgIpc) is 2.33. The van der Waals surface area contributed by atoms with Gasteiger partial charge in [0.1, 0.15) is 17.2 Å². The van der Waals surface area contributed by atoms with Crippen molar-refractivity contribution in [1.29, 1.82) is 0 Å². The van der Waals surface area contributed by atoms with Crippen LogP contribution in [0.5, 0.6) is 5.75 Å². The number of halogens is 5. The third-order valence-electron chi connectivity index (χ3n) is 2.32. The number of benzene rings is 2. The van der Waals surface area contributed by atoms with E-state index < -0.39 is 23.2 Å². The number of ether oxygens (including phenoxy) is 1. The lowest BCUT2D eigenvalue weighted by Gasteiger charge is -2.09. The van der Waals surface area contributed by atoms with E-state index in [4.69, 9.17) is 39.5 Å². The summed E-state index contributed by atoms with van der Waals surface area (Å²) in [6.07, 6.45) is 0. The molecule has 20 heavy (non-hydrogen) atoms. The third kappa shape index (κ3) is 3.03. The van der Waals surface area contributed by atoms with Gasteiger partial charge in [-0.2, -0.15) is 0 Å². The molecule has 0 amide bonds. The summed E-state index contributed by atoms with van der Waals surface area (Å²) < 4.78 is 31.7. The molecule has 0 fully saturated rings. The van der Waals surface area contributed by atoms with Crippen LogP contribution < -0.4 is 4.74 Å². The molecule has 0 saturated carbocycles. The Labute approximate surface area is 127 Å². The highest BCUT2D eigenvalue weighted by atomic mass is 35.5. The predicted molar refractivity (Wildman–Crippen MR) is 72.8 cm³/mol. The van der Waals surface area contributed by atoms with E-state index in [-0.39, 0.29) is 20.8 Å². The Balaban J connectivity index is 2.38. The lowest BCUT2D eigenvalue weighted by atomic mass is 10.2. The molecule has 0 saturated heterocycles. The molecule has 0 bridgehead atoms. The van der Waals surface area contributed by atoms with E-state index in [0.29, 0.717) is 0 Å². The van der Waals surface area contributed by atoms with Gasteiger partial charge in [-0.05, 0) is 24.3 Å². The molecule has 2 aromatic carbocycles. The summed E-state index contributed by atoms with van der Waals surface area (Å²) in [5.74, 6) is -3.55. The van der Waals surface area contributed by atoms with Gasteiger partial charge >= 0.3 is 5.97 Å². The smallest absolute Gasteiger partial charge is 0.349 e. The lowest BCUT2D eigenvalue weighted by Crippen LogP contribution is -2.13. The van der Waals surface area contributed by atoms with Crippen molar-refractivity contribution in [2.24, 2.45) is 0 Å². The first-order chi connectivity index (χ1) is 9.40. The highest BCUT2D eigenvalue weighted by Gasteiger charge is 2.21. The van der Waals surface area contributed by atoms with Crippen LogP contribution in [0.4, 0.5) is 8.78 Å². The van der Waals surface area contributed by atoms with Crippen molar-refractivity contribution in [3.8, 4) is 5.75 Å². The molecule has 2 nitrogen and oxygen atoms in total. The lowest BCUT2D eigenvalue weighted by molar-refractivity contribution is 0.0725. The van der Waals surface area contributed by atoms with Crippen molar-refractivity contribution in [2.75, 3.05) is 0 Å². The van der Waals surface area contributed by atoms with Gasteiger partial charge in [0.05, 0.1) is 10.0 Å². The van der Waals surface area contributed by atoms with Gasteiger partial charge in [0.25, 0.3) is 0 Å². The Hall–Kier alpha value is -1.36. The molecule has 104 valence electrons. The molecule has 0 N–H and O–H groups in total. The molecule has 0 unspecified atom stereocenters. The van der Waals surface area contributed by atoms with E-state index >= 15 is 0 Å². The molecule has 0 aliphatic heterocycles. The van der Waals surface area contributed by atoms with Gasteiger partial charge in [-0.25, -0.2) is 13.6 Å². The van der Waals surface area contributed by atoms with Crippen LogP contribution in [0, 0.1) is 11.6 Å². The van der Waals surface area contributed by atoms with Gasteiger partial charge in [-0.15, -0.1) is 0 Å². The van der Waals surface area contributed by atoms with Crippen molar-refractivity contribution >= 4 is 40.8 Å². The van der Waals surface area contributed by atoms with Crippen molar-refractivity contribution in [3.63, 3.8) is 0 Å². The summed E-state index contributed by atoms with van der Waals surface area (Å²) >= 11 is 17.3. The van der Waals surface area contributed by atoms with Crippen molar-refractivity contribution in [3.05, 3.63) is 62.6 Å². The first-order valence-corrected chi connectivity index (χ1v) is 6.34. The number of carbonyl (C=O) groups excluding carboxylic acids is 1. The Morgan fingerprint density at radius 3 is 2.00 bits per heavy atom. The van der Waals surface area contributed by atoms with Gasteiger partial charge in [0, 0.05) is 5.02 Å². The molecule has 2 rings (SSSR count). The van der Waals surface area contributed by atoms with Crippen LogP contribution in [0.15, 0.2) is 30.3 Å². The molecule has 7 heteroatoms. The topological polar surface area (TPSA) is 26.3 Å². The zero-order valence-electron chi connectivity index (χ0n) is 9.59. The summed E-state index contributed by atoms with van der Waals surface area (Å²) in [6, 6.07) is 5.57. The zero-order valence-corrected chi connectivity index (χ0v) is 11.9. The maximum atomic E-state index is 13.4. The second-order valence-corrected chi connectivity index (χ2v) is 4.94. The fourth-order valence-corrected chi connectivity index (χ4v) is 2.36. The zero-order chi connectivity index (χ0) is 14.9. The van der Waals surface area contributed by atoms with E-state index in [1.807, 2.05) is 0 Å². The SMILES string of the molecule is O=C(Oc1c(Cl)cc(Cl)cc1Cl)c1c(F)cccc1F. The number of hydrogen-bond acceptors (Lipinski definition) is 2. The second kappa shape index (κ2) is 5.95. The summed E-state index contributed by atoms with van der Waals surface area (Å²) in [6.45, 7) is 0. The van der Waals surface area contributed by atoms with Crippen molar-refractivity contribution in [1.82, 2.24) is 0 Å². The monoisotopic (exact) mass is 336 g/mol. The molecular weight excluding hydrogens is 332 g/mol. The number of rotatable bonds is 2. The molecule has 0 aliphatic rings. The minimum absolute atomic E-state index is 0.0485. The van der Waals surface area contributed by atoms with Crippen molar-refractivity contribution in [2.45, 2.75) is 0 Å². The van der Waals surface area contributed by atoms with E-state index in [1.165, 1.54) is 12.1 Å². The fraction of sp³-hybridized carbons (Fsp3) is 0. The van der Waals surface area contributed by atoms with Crippen LogP contribution in [0.3, 0.4) is 0 Å². The third-order valence-corrected chi connectivity index (χ3v) is 3.10. The molecule has 0 aromatic heterocycles. The molecule has 0 radical (unpaired) electrons. The van der Waals surface area contributed by atoms with Crippen LogP contribution in [0.25, 0.3) is 0 Å². The average molecular weight is 338 g/mol. The van der Waals surface area contributed by atoms with E-state index in [9.17, 15) is 13.6 Å². The van der Waals surface area contributed by atoms with Crippen molar-refractivity contribution < 1.29 is 18.3 Å². The van der Waals surface area contributed by atoms with Crippen LogP contribution in [-0.4, -0.2) is 5.97 Å². The fourth-order valence-electron chi connectivity index (χ4n) is 1.46. The van der Waals surface area contributed by atoms with Gasteiger partial charge in [-0.1, -0.05) is 40.9 Å². The first-order valence-electron chi connectivity index (χ1n) is 5.21. The predicted octanol–water partition coefficient (Wildman–Crippen LogP) is 5.14. The summed E-state index contributed by atoms with van der Waals surface area (Å²) in [5, 5.41) is 0.136. The molecular formula is C13H5Cl3F2O2. The van der Waals surface area contributed by atoms with E-state index in [0.717, 1.165) is 18.2 Å². The maximum Gasteiger partial charge on any atom is 0.349 e. The summed E-state index contributed by atoms with van der Waals surface area (Å²) in [7, 11) is 0. The van der Waals surface area contributed by atoms with E-state index in [1.54, 1.807) is 0 Å². The van der Waals surface area contributed by atoms with Gasteiger partial charge in [0.15, 0.2) is 5.75 Å².